The zero-order chi connectivity index (χ0) is 16.7. The highest BCUT2D eigenvalue weighted by molar-refractivity contribution is 6.30. The van der Waals surface area contributed by atoms with Crippen LogP contribution < -0.4 is 11.1 Å². The summed E-state index contributed by atoms with van der Waals surface area (Å²) < 4.78 is 4.98. The Bertz CT molecular complexity index is 633. The third-order valence-electron chi connectivity index (χ3n) is 3.08. The second-order valence-electron chi connectivity index (χ2n) is 5.07. The average molecular weight is 374 g/mol. The maximum atomic E-state index is 12.2. The highest BCUT2D eigenvalue weighted by Gasteiger charge is 2.14. The van der Waals surface area contributed by atoms with Gasteiger partial charge < -0.3 is 15.6 Å². The Morgan fingerprint density at radius 1 is 1.38 bits per heavy atom. The van der Waals surface area contributed by atoms with Gasteiger partial charge in [-0.05, 0) is 37.2 Å². The predicted molar refractivity (Wildman–Crippen MR) is 95.1 cm³/mol. The lowest BCUT2D eigenvalue weighted by Gasteiger charge is -2.19. The Hall–Kier alpha value is -1.67. The van der Waals surface area contributed by atoms with E-state index < -0.39 is 0 Å². The van der Waals surface area contributed by atoms with Crippen LogP contribution in [0.4, 0.5) is 5.69 Å². The van der Waals surface area contributed by atoms with Crippen LogP contribution in [0.15, 0.2) is 28.8 Å². The molecule has 0 aliphatic carbocycles. The molecule has 1 aromatic carbocycles. The summed E-state index contributed by atoms with van der Waals surface area (Å²) in [7, 11) is 0. The largest absolute Gasteiger partial charge is 0.338 e. The molecule has 1 amide bonds. The molecule has 9 heteroatoms. The van der Waals surface area contributed by atoms with Gasteiger partial charge in [0.15, 0.2) is 5.82 Å². The van der Waals surface area contributed by atoms with Crippen molar-refractivity contribution in [3.05, 3.63) is 41.0 Å². The Balaban J connectivity index is 0.00000288. The van der Waals surface area contributed by atoms with Crippen molar-refractivity contribution in [3.63, 3.8) is 0 Å². The van der Waals surface area contributed by atoms with Gasteiger partial charge in [-0.3, -0.25) is 9.69 Å². The predicted octanol–water partition coefficient (Wildman–Crippen LogP) is 2.45. The fourth-order valence-corrected chi connectivity index (χ4v) is 2.23. The van der Waals surface area contributed by atoms with E-state index >= 15 is 0 Å². The Labute approximate surface area is 151 Å². The number of hydrogen-bond acceptors (Lipinski definition) is 6. The van der Waals surface area contributed by atoms with E-state index in [1.807, 2.05) is 11.8 Å². The summed E-state index contributed by atoms with van der Waals surface area (Å²) >= 11 is 5.83. The molecule has 0 atom stereocenters. The van der Waals surface area contributed by atoms with Crippen LogP contribution in [0.3, 0.4) is 0 Å². The van der Waals surface area contributed by atoms with E-state index in [2.05, 4.69) is 15.5 Å². The third kappa shape index (κ3) is 6.45. The topological polar surface area (TPSA) is 97.3 Å². The van der Waals surface area contributed by atoms with Crippen LogP contribution in [0, 0.1) is 0 Å². The second kappa shape index (κ2) is 10.2. The first kappa shape index (κ1) is 20.4. The van der Waals surface area contributed by atoms with E-state index in [9.17, 15) is 4.79 Å². The monoisotopic (exact) mass is 373 g/mol. The molecule has 132 valence electrons. The molecule has 3 N–H and O–H groups in total. The van der Waals surface area contributed by atoms with Crippen LogP contribution in [-0.4, -0.2) is 34.0 Å². The van der Waals surface area contributed by atoms with Crippen molar-refractivity contribution in [2.75, 3.05) is 18.4 Å². The summed E-state index contributed by atoms with van der Waals surface area (Å²) in [4.78, 5) is 18.3. The molecule has 0 aliphatic rings. The molecule has 1 heterocycles. The Morgan fingerprint density at radius 2 is 2.08 bits per heavy atom. The number of nitrogens with zero attached hydrogens (tertiary/aromatic N) is 3. The summed E-state index contributed by atoms with van der Waals surface area (Å²) in [5.41, 5.74) is 6.16. The minimum Gasteiger partial charge on any atom is -0.338 e. The standard InChI is InChI=1S/C15H20ClN5O2.ClH/c1-2-7-21(9-13-19-15(8-17)23-20-13)10-14(22)18-12-5-3-11(16)4-6-12;/h3-6H,2,7-10,17H2,1H3,(H,18,22);1H. The summed E-state index contributed by atoms with van der Waals surface area (Å²) in [6.45, 7) is 3.68. The van der Waals surface area contributed by atoms with Crippen molar-refractivity contribution in [2.45, 2.75) is 26.4 Å². The number of nitrogens with one attached hydrogen (secondary N) is 1. The van der Waals surface area contributed by atoms with Gasteiger partial charge in [-0.15, -0.1) is 12.4 Å². The van der Waals surface area contributed by atoms with Gasteiger partial charge in [0, 0.05) is 10.7 Å². The molecule has 0 unspecified atom stereocenters. The number of carbonyl (C=O) groups excluding carboxylic acids is 1. The van der Waals surface area contributed by atoms with Gasteiger partial charge in [0.2, 0.25) is 11.8 Å². The lowest BCUT2D eigenvalue weighted by Crippen LogP contribution is -2.33. The van der Waals surface area contributed by atoms with Crippen molar-refractivity contribution in [2.24, 2.45) is 5.73 Å². The molecule has 0 saturated carbocycles. The maximum Gasteiger partial charge on any atom is 0.240 e. The van der Waals surface area contributed by atoms with E-state index in [0.717, 1.165) is 13.0 Å². The first-order valence-electron chi connectivity index (χ1n) is 7.40. The second-order valence-corrected chi connectivity index (χ2v) is 5.51. The summed E-state index contributed by atoms with van der Waals surface area (Å²) in [6, 6.07) is 6.98. The first-order valence-corrected chi connectivity index (χ1v) is 7.77. The molecule has 0 spiro atoms. The molecular weight excluding hydrogens is 353 g/mol. The zero-order valence-corrected chi connectivity index (χ0v) is 14.9. The van der Waals surface area contributed by atoms with Crippen molar-refractivity contribution in [3.8, 4) is 0 Å². The molecule has 0 bridgehead atoms. The summed E-state index contributed by atoms with van der Waals surface area (Å²) in [6.07, 6.45) is 0.913. The lowest BCUT2D eigenvalue weighted by atomic mass is 10.3. The smallest absolute Gasteiger partial charge is 0.240 e. The third-order valence-corrected chi connectivity index (χ3v) is 3.34. The van der Waals surface area contributed by atoms with E-state index in [1.54, 1.807) is 24.3 Å². The first-order chi connectivity index (χ1) is 11.1. The number of anilines is 1. The van der Waals surface area contributed by atoms with Crippen LogP contribution in [0.25, 0.3) is 0 Å². The summed E-state index contributed by atoms with van der Waals surface area (Å²) in [5, 5.41) is 7.32. The number of benzene rings is 1. The zero-order valence-electron chi connectivity index (χ0n) is 13.4. The fourth-order valence-electron chi connectivity index (χ4n) is 2.10. The number of aromatic nitrogens is 2. The van der Waals surface area contributed by atoms with Gasteiger partial charge in [0.05, 0.1) is 19.6 Å². The van der Waals surface area contributed by atoms with Gasteiger partial charge in [-0.25, -0.2) is 0 Å². The molecule has 1 aromatic heterocycles. The van der Waals surface area contributed by atoms with E-state index in [4.69, 9.17) is 21.9 Å². The SMILES string of the molecule is CCCN(CC(=O)Nc1ccc(Cl)cc1)Cc1noc(CN)n1.Cl. The highest BCUT2D eigenvalue weighted by Crippen LogP contribution is 2.13. The minimum absolute atomic E-state index is 0. The molecule has 0 radical (unpaired) electrons. The molecule has 24 heavy (non-hydrogen) atoms. The normalized spacial score (nSPS) is 10.5. The number of rotatable bonds is 8. The molecule has 2 aromatic rings. The van der Waals surface area contributed by atoms with Gasteiger partial charge >= 0.3 is 0 Å². The van der Waals surface area contributed by atoms with Crippen LogP contribution in [0.2, 0.25) is 5.02 Å². The van der Waals surface area contributed by atoms with Gasteiger partial charge in [0.1, 0.15) is 0 Å². The van der Waals surface area contributed by atoms with Crippen LogP contribution in [-0.2, 0) is 17.9 Å². The van der Waals surface area contributed by atoms with Crippen LogP contribution in [0.5, 0.6) is 0 Å². The molecular formula is C15H21Cl2N5O2. The highest BCUT2D eigenvalue weighted by atomic mass is 35.5. The number of amides is 1. The maximum absolute atomic E-state index is 12.2. The molecule has 2 rings (SSSR count). The minimum atomic E-state index is -0.108. The molecule has 0 fully saturated rings. The lowest BCUT2D eigenvalue weighted by molar-refractivity contribution is -0.117. The fraction of sp³-hybridized carbons (Fsp3) is 0.400. The number of carbonyl (C=O) groups is 1. The Kier molecular flexibility index (Phi) is 8.70. The number of halogens is 2. The van der Waals surface area contributed by atoms with Gasteiger partial charge in [-0.2, -0.15) is 4.98 Å². The van der Waals surface area contributed by atoms with E-state index in [1.165, 1.54) is 0 Å². The van der Waals surface area contributed by atoms with Crippen molar-refractivity contribution in [1.82, 2.24) is 15.0 Å². The molecule has 7 nitrogen and oxygen atoms in total. The summed E-state index contributed by atoms with van der Waals surface area (Å²) in [5.74, 6) is 0.809. The van der Waals surface area contributed by atoms with Gasteiger partial charge in [-0.1, -0.05) is 23.7 Å². The number of hydrogen-bond donors (Lipinski definition) is 2. The van der Waals surface area contributed by atoms with Crippen molar-refractivity contribution in [1.29, 1.82) is 0 Å². The average Bonchev–Trinajstić information content (AvgIpc) is 2.97. The van der Waals surface area contributed by atoms with E-state index in [-0.39, 0.29) is 31.4 Å². The Morgan fingerprint density at radius 3 is 2.67 bits per heavy atom. The van der Waals surface area contributed by atoms with Crippen molar-refractivity contribution < 1.29 is 9.32 Å². The molecule has 0 saturated heterocycles. The van der Waals surface area contributed by atoms with Crippen LogP contribution in [0.1, 0.15) is 25.1 Å². The van der Waals surface area contributed by atoms with Gasteiger partial charge in [0.25, 0.3) is 0 Å². The van der Waals surface area contributed by atoms with Crippen molar-refractivity contribution >= 4 is 35.6 Å². The quantitative estimate of drug-likeness (QED) is 0.737. The van der Waals surface area contributed by atoms with Crippen LogP contribution >= 0.6 is 24.0 Å². The number of nitrogens with two attached hydrogens (primary N) is 1. The molecule has 0 aliphatic heterocycles. The van der Waals surface area contributed by atoms with E-state index in [0.29, 0.717) is 29.0 Å².